The number of carbonyl (C=O) groups excluding carboxylic acids is 1. The smallest absolute Gasteiger partial charge is 0.334 e. The number of benzene rings is 3. The zero-order valence-corrected chi connectivity index (χ0v) is 25.6. The number of hydrogen-bond acceptors (Lipinski definition) is 8. The highest BCUT2D eigenvalue weighted by atomic mass is 16.7. The second kappa shape index (κ2) is 14.5. The number of carbonyl (C=O) groups is 1. The summed E-state index contributed by atoms with van der Waals surface area (Å²) in [6, 6.07) is 19.3. The molecule has 0 saturated heterocycles. The van der Waals surface area contributed by atoms with Crippen LogP contribution in [-0.2, 0) is 29.0 Å². The van der Waals surface area contributed by atoms with Crippen molar-refractivity contribution in [3.63, 3.8) is 0 Å². The average Bonchev–Trinajstić information content (AvgIpc) is 3.68. The van der Waals surface area contributed by atoms with Crippen molar-refractivity contribution in [1.82, 2.24) is 9.55 Å². The van der Waals surface area contributed by atoms with Crippen molar-refractivity contribution in [3.05, 3.63) is 95.1 Å². The molecule has 9 nitrogen and oxygen atoms in total. The monoisotopic (exact) mass is 598 g/mol. The van der Waals surface area contributed by atoms with Crippen LogP contribution in [0.4, 0.5) is 0 Å². The number of methoxy groups -OCH3 is 2. The van der Waals surface area contributed by atoms with E-state index >= 15 is 0 Å². The van der Waals surface area contributed by atoms with Crippen LogP contribution in [0.3, 0.4) is 0 Å². The SMILES string of the molecule is CCCCc1ncc(/C=C(\Cc2cc3c(cc2OC)OCO3)C(=O)OCC)n1-c1ccc(OC)cc1OCc1ccccc1. The Balaban J connectivity index is 1.60. The maximum Gasteiger partial charge on any atom is 0.334 e. The summed E-state index contributed by atoms with van der Waals surface area (Å²) in [7, 11) is 3.22. The number of hydrogen-bond donors (Lipinski definition) is 0. The molecule has 0 aliphatic carbocycles. The van der Waals surface area contributed by atoms with Crippen LogP contribution in [0.15, 0.2) is 72.4 Å². The first-order chi connectivity index (χ1) is 21.5. The molecule has 0 radical (unpaired) electrons. The molecule has 2 heterocycles. The fourth-order valence-corrected chi connectivity index (χ4v) is 5.04. The highest BCUT2D eigenvalue weighted by Gasteiger charge is 2.23. The Morgan fingerprint density at radius 2 is 1.77 bits per heavy atom. The number of esters is 1. The van der Waals surface area contributed by atoms with Crippen molar-refractivity contribution in [2.75, 3.05) is 27.6 Å². The molecule has 1 aliphatic rings. The lowest BCUT2D eigenvalue weighted by atomic mass is 10.0. The Morgan fingerprint density at radius 3 is 2.50 bits per heavy atom. The van der Waals surface area contributed by atoms with Crippen LogP contribution in [0.25, 0.3) is 11.8 Å². The van der Waals surface area contributed by atoms with Gasteiger partial charge in [-0.3, -0.25) is 4.57 Å². The third kappa shape index (κ3) is 6.99. The van der Waals surface area contributed by atoms with Crippen molar-refractivity contribution in [3.8, 4) is 34.4 Å². The molecule has 0 saturated carbocycles. The first kappa shape index (κ1) is 30.5. The van der Waals surface area contributed by atoms with Gasteiger partial charge in [0, 0.05) is 36.1 Å². The number of imidazole rings is 1. The highest BCUT2D eigenvalue weighted by Crippen LogP contribution is 2.39. The quantitative estimate of drug-likeness (QED) is 0.117. The molecule has 3 aromatic carbocycles. The Morgan fingerprint density at radius 1 is 0.977 bits per heavy atom. The van der Waals surface area contributed by atoms with Crippen LogP contribution >= 0.6 is 0 Å². The molecule has 230 valence electrons. The molecule has 0 bridgehead atoms. The summed E-state index contributed by atoms with van der Waals surface area (Å²) in [6.45, 7) is 4.69. The minimum Gasteiger partial charge on any atom is -0.497 e. The van der Waals surface area contributed by atoms with Crippen molar-refractivity contribution in [1.29, 1.82) is 0 Å². The normalized spacial score (nSPS) is 12.2. The van der Waals surface area contributed by atoms with Crippen molar-refractivity contribution >= 4 is 12.0 Å². The van der Waals surface area contributed by atoms with Crippen LogP contribution < -0.4 is 23.7 Å². The van der Waals surface area contributed by atoms with E-state index in [9.17, 15) is 4.79 Å². The van der Waals surface area contributed by atoms with E-state index in [0.717, 1.165) is 41.9 Å². The van der Waals surface area contributed by atoms with Gasteiger partial charge in [-0.1, -0.05) is 43.7 Å². The molecule has 0 atom stereocenters. The van der Waals surface area contributed by atoms with Crippen LogP contribution in [0.1, 0.15) is 49.3 Å². The number of unbranched alkanes of at least 4 members (excludes halogenated alkanes) is 1. The number of ether oxygens (including phenoxy) is 6. The first-order valence-electron chi connectivity index (χ1n) is 14.8. The molecular formula is C35H38N2O7. The van der Waals surface area contributed by atoms with Gasteiger partial charge in [0.2, 0.25) is 6.79 Å². The number of fused-ring (bicyclic) bond motifs is 1. The molecule has 5 rings (SSSR count). The summed E-state index contributed by atoms with van der Waals surface area (Å²) >= 11 is 0. The minimum atomic E-state index is -0.426. The van der Waals surface area contributed by atoms with Gasteiger partial charge >= 0.3 is 5.97 Å². The molecule has 4 aromatic rings. The lowest BCUT2D eigenvalue weighted by Gasteiger charge is -2.18. The van der Waals surface area contributed by atoms with Gasteiger partial charge in [-0.15, -0.1) is 0 Å². The summed E-state index contributed by atoms with van der Waals surface area (Å²) in [5.41, 5.74) is 3.76. The van der Waals surface area contributed by atoms with Gasteiger partial charge < -0.3 is 28.4 Å². The van der Waals surface area contributed by atoms with Crippen LogP contribution in [-0.4, -0.2) is 43.1 Å². The maximum atomic E-state index is 13.4. The molecule has 0 unspecified atom stereocenters. The van der Waals surface area contributed by atoms with Crippen molar-refractivity contribution in [2.45, 2.75) is 46.1 Å². The van der Waals surface area contributed by atoms with Crippen LogP contribution in [0.2, 0.25) is 0 Å². The van der Waals surface area contributed by atoms with E-state index in [0.29, 0.717) is 46.6 Å². The molecular weight excluding hydrogens is 560 g/mol. The second-order valence-electron chi connectivity index (χ2n) is 10.2. The molecule has 1 aliphatic heterocycles. The number of rotatable bonds is 14. The fraction of sp³-hybridized carbons (Fsp3) is 0.314. The molecule has 0 spiro atoms. The Hall–Kier alpha value is -4.92. The molecule has 0 amide bonds. The fourth-order valence-electron chi connectivity index (χ4n) is 5.04. The highest BCUT2D eigenvalue weighted by molar-refractivity contribution is 5.94. The van der Waals surface area contributed by atoms with E-state index < -0.39 is 5.97 Å². The summed E-state index contributed by atoms with van der Waals surface area (Å²) in [4.78, 5) is 18.2. The number of aromatic nitrogens is 2. The van der Waals surface area contributed by atoms with E-state index in [2.05, 4.69) is 6.92 Å². The minimum absolute atomic E-state index is 0.138. The van der Waals surface area contributed by atoms with Crippen LogP contribution in [0.5, 0.6) is 28.7 Å². The van der Waals surface area contributed by atoms with Gasteiger partial charge in [-0.25, -0.2) is 9.78 Å². The lowest BCUT2D eigenvalue weighted by Crippen LogP contribution is -2.12. The lowest BCUT2D eigenvalue weighted by molar-refractivity contribution is -0.138. The summed E-state index contributed by atoms with van der Waals surface area (Å²) < 4.78 is 36.2. The largest absolute Gasteiger partial charge is 0.497 e. The summed E-state index contributed by atoms with van der Waals surface area (Å²) in [5.74, 6) is 3.54. The summed E-state index contributed by atoms with van der Waals surface area (Å²) in [5, 5.41) is 0. The molecule has 1 aromatic heterocycles. The van der Waals surface area contributed by atoms with Gasteiger partial charge in [0.25, 0.3) is 0 Å². The van der Waals surface area contributed by atoms with Gasteiger partial charge in [0.15, 0.2) is 11.5 Å². The molecule has 0 N–H and O–H groups in total. The van der Waals surface area contributed by atoms with Crippen molar-refractivity contribution in [2.24, 2.45) is 0 Å². The van der Waals surface area contributed by atoms with E-state index in [1.165, 1.54) is 0 Å². The molecule has 9 heteroatoms. The summed E-state index contributed by atoms with van der Waals surface area (Å²) in [6.07, 6.45) is 6.57. The Labute approximate surface area is 257 Å². The maximum absolute atomic E-state index is 13.4. The van der Waals surface area contributed by atoms with E-state index in [1.807, 2.05) is 65.2 Å². The second-order valence-corrected chi connectivity index (χ2v) is 10.2. The van der Waals surface area contributed by atoms with Crippen LogP contribution in [0, 0.1) is 0 Å². The van der Waals surface area contributed by atoms with E-state index in [4.69, 9.17) is 33.4 Å². The van der Waals surface area contributed by atoms with E-state index in [-0.39, 0.29) is 19.8 Å². The van der Waals surface area contributed by atoms with Gasteiger partial charge in [-0.2, -0.15) is 0 Å². The van der Waals surface area contributed by atoms with E-state index in [1.54, 1.807) is 33.4 Å². The standard InChI is InChI=1S/C35H38N2O7/c1-5-7-13-34-36-21-27(37(34)29-15-14-28(39-3)19-31(29)42-22-24-11-9-8-10-12-24)17-26(35(38)41-6-2)16-25-18-32-33(44-23-43-32)20-30(25)40-4/h8-12,14-15,17-21H,5-7,13,16,22-23H2,1-4H3/b26-17+. The Kier molecular flexibility index (Phi) is 10.1. The Bertz CT molecular complexity index is 1610. The van der Waals surface area contributed by atoms with Gasteiger partial charge in [0.05, 0.1) is 38.4 Å². The van der Waals surface area contributed by atoms with Gasteiger partial charge in [-0.05, 0) is 43.2 Å². The molecule has 44 heavy (non-hydrogen) atoms. The average molecular weight is 599 g/mol. The zero-order chi connectivity index (χ0) is 30.9. The third-order valence-electron chi connectivity index (χ3n) is 7.28. The zero-order valence-electron chi connectivity index (χ0n) is 25.6. The first-order valence-corrected chi connectivity index (χ1v) is 14.8. The third-order valence-corrected chi connectivity index (χ3v) is 7.28. The topological polar surface area (TPSA) is 90.3 Å². The predicted molar refractivity (Wildman–Crippen MR) is 167 cm³/mol. The van der Waals surface area contributed by atoms with Gasteiger partial charge in [0.1, 0.15) is 29.7 Å². The van der Waals surface area contributed by atoms with Crippen molar-refractivity contribution < 1.29 is 33.2 Å². The number of aryl methyl sites for hydroxylation is 1. The number of nitrogens with zero attached hydrogens (tertiary/aromatic N) is 2. The molecule has 0 fully saturated rings. The predicted octanol–water partition coefficient (Wildman–Crippen LogP) is 6.73.